The van der Waals surface area contributed by atoms with Crippen molar-refractivity contribution in [2.45, 2.75) is 13.3 Å². The molecule has 0 saturated carbocycles. The van der Waals surface area contributed by atoms with Gasteiger partial charge in [-0.25, -0.2) is 8.78 Å². The Morgan fingerprint density at radius 3 is 2.58 bits per heavy atom. The highest BCUT2D eigenvalue weighted by Crippen LogP contribution is 2.36. The normalized spacial score (nSPS) is 16.7. The first-order chi connectivity index (χ1) is 12.4. The standard InChI is InChI=1S/C19H18F2N2O3/c1-11-4-3-5-16(26-2)18(11)23-10-12(6-17(23)24)19(25)22-15-8-13(20)7-14(21)9-15/h3-5,7-9,12H,6,10H2,1-2H3,(H,22,25). The first kappa shape index (κ1) is 17.8. The van der Waals surface area contributed by atoms with Gasteiger partial charge in [0.1, 0.15) is 17.4 Å². The molecule has 1 unspecified atom stereocenters. The van der Waals surface area contributed by atoms with Crippen molar-refractivity contribution in [3.8, 4) is 5.75 Å². The van der Waals surface area contributed by atoms with Crippen LogP contribution in [0, 0.1) is 24.5 Å². The lowest BCUT2D eigenvalue weighted by atomic mass is 10.1. The van der Waals surface area contributed by atoms with E-state index in [2.05, 4.69) is 5.32 Å². The van der Waals surface area contributed by atoms with Crippen LogP contribution in [0.3, 0.4) is 0 Å². The molecule has 0 spiro atoms. The fourth-order valence-electron chi connectivity index (χ4n) is 3.11. The number of hydrogen-bond acceptors (Lipinski definition) is 3. The molecule has 1 heterocycles. The molecule has 2 aromatic rings. The summed E-state index contributed by atoms with van der Waals surface area (Å²) in [7, 11) is 1.52. The minimum absolute atomic E-state index is 0.0150. The quantitative estimate of drug-likeness (QED) is 0.910. The van der Waals surface area contributed by atoms with E-state index in [4.69, 9.17) is 4.74 Å². The lowest BCUT2D eigenvalue weighted by Gasteiger charge is -2.21. The molecular formula is C19H18F2N2O3. The fraction of sp³-hybridized carbons (Fsp3) is 0.263. The van der Waals surface area contributed by atoms with Crippen molar-refractivity contribution in [3.05, 3.63) is 53.6 Å². The minimum atomic E-state index is -0.783. The van der Waals surface area contributed by atoms with Crippen molar-refractivity contribution in [1.29, 1.82) is 0 Å². The van der Waals surface area contributed by atoms with E-state index < -0.39 is 23.5 Å². The number of methoxy groups -OCH3 is 1. The zero-order valence-corrected chi connectivity index (χ0v) is 14.4. The summed E-state index contributed by atoms with van der Waals surface area (Å²) in [5.74, 6) is -2.31. The number of carbonyl (C=O) groups is 2. The Balaban J connectivity index is 1.78. The predicted octanol–water partition coefficient (Wildman–Crippen LogP) is 3.27. The smallest absolute Gasteiger partial charge is 0.229 e. The number of para-hydroxylation sites is 1. The van der Waals surface area contributed by atoms with E-state index in [1.807, 2.05) is 19.1 Å². The Bertz CT molecular complexity index is 850. The van der Waals surface area contributed by atoms with Crippen LogP contribution in [0.15, 0.2) is 36.4 Å². The van der Waals surface area contributed by atoms with Gasteiger partial charge in [0.05, 0.1) is 18.7 Å². The molecule has 5 nitrogen and oxygen atoms in total. The SMILES string of the molecule is COc1cccc(C)c1N1CC(C(=O)Nc2cc(F)cc(F)c2)CC1=O. The molecular weight excluding hydrogens is 342 g/mol. The molecule has 2 aromatic carbocycles. The molecule has 1 aliphatic rings. The molecule has 1 aliphatic heterocycles. The Kier molecular flexibility index (Phi) is 4.88. The molecule has 26 heavy (non-hydrogen) atoms. The van der Waals surface area contributed by atoms with Gasteiger partial charge < -0.3 is 15.0 Å². The summed E-state index contributed by atoms with van der Waals surface area (Å²) in [5, 5.41) is 2.47. The fourth-order valence-corrected chi connectivity index (χ4v) is 3.11. The summed E-state index contributed by atoms with van der Waals surface area (Å²) in [6.07, 6.45) is 0.0150. The van der Waals surface area contributed by atoms with Crippen molar-refractivity contribution in [2.75, 3.05) is 23.9 Å². The maximum absolute atomic E-state index is 13.3. The molecule has 136 valence electrons. The van der Waals surface area contributed by atoms with Crippen LogP contribution < -0.4 is 15.0 Å². The van der Waals surface area contributed by atoms with E-state index in [0.29, 0.717) is 11.4 Å². The second-order valence-electron chi connectivity index (χ2n) is 6.18. The Morgan fingerprint density at radius 1 is 1.23 bits per heavy atom. The van der Waals surface area contributed by atoms with Crippen molar-refractivity contribution in [3.63, 3.8) is 0 Å². The lowest BCUT2D eigenvalue weighted by Crippen LogP contribution is -2.29. The highest BCUT2D eigenvalue weighted by Gasteiger charge is 2.37. The van der Waals surface area contributed by atoms with Gasteiger partial charge in [0, 0.05) is 24.7 Å². The molecule has 0 aliphatic carbocycles. The molecule has 7 heteroatoms. The summed E-state index contributed by atoms with van der Waals surface area (Å²) in [6, 6.07) is 8.20. The third-order valence-corrected chi connectivity index (χ3v) is 4.32. The molecule has 0 aromatic heterocycles. The van der Waals surface area contributed by atoms with Crippen LogP contribution in [0.4, 0.5) is 20.2 Å². The van der Waals surface area contributed by atoms with Gasteiger partial charge in [-0.15, -0.1) is 0 Å². The number of ether oxygens (including phenoxy) is 1. The Labute approximate surface area is 149 Å². The number of carbonyl (C=O) groups excluding carboxylic acids is 2. The first-order valence-electron chi connectivity index (χ1n) is 8.10. The van der Waals surface area contributed by atoms with E-state index in [1.165, 1.54) is 12.0 Å². The monoisotopic (exact) mass is 360 g/mol. The minimum Gasteiger partial charge on any atom is -0.495 e. The predicted molar refractivity (Wildman–Crippen MR) is 93.2 cm³/mol. The molecule has 1 atom stereocenters. The topological polar surface area (TPSA) is 58.6 Å². The molecule has 0 radical (unpaired) electrons. The molecule has 1 saturated heterocycles. The number of halogens is 2. The summed E-state index contributed by atoms with van der Waals surface area (Å²) in [4.78, 5) is 26.4. The highest BCUT2D eigenvalue weighted by molar-refractivity contribution is 6.04. The van der Waals surface area contributed by atoms with Crippen molar-refractivity contribution in [1.82, 2.24) is 0 Å². The Morgan fingerprint density at radius 2 is 1.92 bits per heavy atom. The number of anilines is 2. The summed E-state index contributed by atoms with van der Waals surface area (Å²) in [5.41, 5.74) is 1.50. The van der Waals surface area contributed by atoms with Crippen LogP contribution in [-0.4, -0.2) is 25.5 Å². The summed E-state index contributed by atoms with van der Waals surface area (Å²) < 4.78 is 31.8. The molecule has 1 N–H and O–H groups in total. The molecule has 2 amide bonds. The van der Waals surface area contributed by atoms with Gasteiger partial charge in [0.25, 0.3) is 0 Å². The average Bonchev–Trinajstić information content (AvgIpc) is 2.95. The van der Waals surface area contributed by atoms with Crippen LogP contribution in [-0.2, 0) is 9.59 Å². The van der Waals surface area contributed by atoms with Gasteiger partial charge in [-0.2, -0.15) is 0 Å². The number of nitrogens with zero attached hydrogens (tertiary/aromatic N) is 1. The van der Waals surface area contributed by atoms with E-state index in [0.717, 1.165) is 23.8 Å². The van der Waals surface area contributed by atoms with Gasteiger partial charge in [-0.05, 0) is 30.7 Å². The maximum Gasteiger partial charge on any atom is 0.229 e. The van der Waals surface area contributed by atoms with E-state index in [1.54, 1.807) is 6.07 Å². The first-order valence-corrected chi connectivity index (χ1v) is 8.10. The third kappa shape index (κ3) is 3.51. The van der Waals surface area contributed by atoms with E-state index >= 15 is 0 Å². The Hall–Kier alpha value is -2.96. The number of aryl methyl sites for hydroxylation is 1. The second kappa shape index (κ2) is 7.11. The zero-order valence-electron chi connectivity index (χ0n) is 14.4. The maximum atomic E-state index is 13.3. The number of rotatable bonds is 4. The van der Waals surface area contributed by atoms with Crippen LogP contribution in [0.2, 0.25) is 0 Å². The van der Waals surface area contributed by atoms with Crippen LogP contribution in [0.5, 0.6) is 5.75 Å². The van der Waals surface area contributed by atoms with Crippen LogP contribution >= 0.6 is 0 Å². The van der Waals surface area contributed by atoms with Gasteiger partial charge in [0.15, 0.2) is 0 Å². The van der Waals surface area contributed by atoms with Gasteiger partial charge in [-0.3, -0.25) is 9.59 Å². The molecule has 1 fully saturated rings. The number of nitrogens with one attached hydrogen (secondary N) is 1. The van der Waals surface area contributed by atoms with E-state index in [-0.39, 0.29) is 24.6 Å². The van der Waals surface area contributed by atoms with Gasteiger partial charge >= 0.3 is 0 Å². The summed E-state index contributed by atoms with van der Waals surface area (Å²) in [6.45, 7) is 2.03. The van der Waals surface area contributed by atoms with Crippen LogP contribution in [0.1, 0.15) is 12.0 Å². The number of benzene rings is 2. The largest absolute Gasteiger partial charge is 0.495 e. The molecule has 0 bridgehead atoms. The third-order valence-electron chi connectivity index (χ3n) is 4.32. The zero-order chi connectivity index (χ0) is 18.8. The second-order valence-corrected chi connectivity index (χ2v) is 6.18. The lowest BCUT2D eigenvalue weighted by molar-refractivity contribution is -0.122. The van der Waals surface area contributed by atoms with Crippen molar-refractivity contribution in [2.24, 2.45) is 5.92 Å². The average molecular weight is 360 g/mol. The highest BCUT2D eigenvalue weighted by atomic mass is 19.1. The van der Waals surface area contributed by atoms with Crippen molar-refractivity contribution < 1.29 is 23.1 Å². The number of hydrogen-bond donors (Lipinski definition) is 1. The molecule has 3 rings (SSSR count). The summed E-state index contributed by atoms with van der Waals surface area (Å²) >= 11 is 0. The number of amides is 2. The van der Waals surface area contributed by atoms with Gasteiger partial charge in [0.2, 0.25) is 11.8 Å². The van der Waals surface area contributed by atoms with E-state index in [9.17, 15) is 18.4 Å². The van der Waals surface area contributed by atoms with Crippen LogP contribution in [0.25, 0.3) is 0 Å². The van der Waals surface area contributed by atoms with Gasteiger partial charge in [-0.1, -0.05) is 12.1 Å². The van der Waals surface area contributed by atoms with Crippen molar-refractivity contribution >= 4 is 23.2 Å².